The number of nitrogens with one attached hydrogen (secondary N) is 2. The SMILES string of the molecule is Cc1cccc2c1CN(C(=O)Nc1ccccc1)[C@H]1CNC[C@H]21. The fourth-order valence-electron chi connectivity index (χ4n) is 3.82. The van der Waals surface area contributed by atoms with Crippen LogP contribution in [0.4, 0.5) is 10.5 Å². The van der Waals surface area contributed by atoms with E-state index in [1.165, 1.54) is 16.7 Å². The van der Waals surface area contributed by atoms with Gasteiger partial charge in [0.25, 0.3) is 0 Å². The smallest absolute Gasteiger partial charge is 0.315 e. The van der Waals surface area contributed by atoms with Crippen molar-refractivity contribution in [2.75, 3.05) is 18.4 Å². The van der Waals surface area contributed by atoms with Gasteiger partial charge in [0.2, 0.25) is 0 Å². The van der Waals surface area contributed by atoms with Crippen molar-refractivity contribution < 1.29 is 4.79 Å². The van der Waals surface area contributed by atoms with Crippen molar-refractivity contribution in [1.29, 1.82) is 0 Å². The summed E-state index contributed by atoms with van der Waals surface area (Å²) in [5, 5.41) is 6.49. The Labute approximate surface area is 136 Å². The number of carbonyl (C=O) groups is 1. The number of rotatable bonds is 1. The lowest BCUT2D eigenvalue weighted by Crippen LogP contribution is -2.48. The van der Waals surface area contributed by atoms with Gasteiger partial charge in [0.15, 0.2) is 0 Å². The van der Waals surface area contributed by atoms with Crippen LogP contribution in [0.3, 0.4) is 0 Å². The van der Waals surface area contributed by atoms with Crippen LogP contribution in [0.2, 0.25) is 0 Å². The van der Waals surface area contributed by atoms with Crippen molar-refractivity contribution in [2.45, 2.75) is 25.4 Å². The third kappa shape index (κ3) is 2.49. The van der Waals surface area contributed by atoms with Crippen LogP contribution in [-0.2, 0) is 6.54 Å². The Hall–Kier alpha value is -2.33. The molecule has 4 heteroatoms. The highest BCUT2D eigenvalue weighted by atomic mass is 16.2. The van der Waals surface area contributed by atoms with Crippen LogP contribution in [0.5, 0.6) is 0 Å². The zero-order valence-electron chi connectivity index (χ0n) is 13.3. The van der Waals surface area contributed by atoms with Gasteiger partial charge in [-0.1, -0.05) is 36.4 Å². The number of anilines is 1. The van der Waals surface area contributed by atoms with Gasteiger partial charge in [-0.2, -0.15) is 0 Å². The summed E-state index contributed by atoms with van der Waals surface area (Å²) in [6.07, 6.45) is 0. The van der Waals surface area contributed by atoms with Crippen molar-refractivity contribution in [2.24, 2.45) is 0 Å². The predicted molar refractivity (Wildman–Crippen MR) is 91.6 cm³/mol. The summed E-state index contributed by atoms with van der Waals surface area (Å²) < 4.78 is 0. The first-order chi connectivity index (χ1) is 11.2. The van der Waals surface area contributed by atoms with Crippen LogP contribution >= 0.6 is 0 Å². The molecule has 0 aromatic heterocycles. The molecule has 4 rings (SSSR count). The summed E-state index contributed by atoms with van der Waals surface area (Å²) in [7, 11) is 0. The maximum atomic E-state index is 12.8. The largest absolute Gasteiger partial charge is 0.322 e. The van der Waals surface area contributed by atoms with E-state index in [4.69, 9.17) is 0 Å². The zero-order chi connectivity index (χ0) is 15.8. The molecule has 2 N–H and O–H groups in total. The summed E-state index contributed by atoms with van der Waals surface area (Å²) in [6, 6.07) is 16.4. The fraction of sp³-hybridized carbons (Fsp3) is 0.316. The molecule has 0 bridgehead atoms. The Morgan fingerprint density at radius 1 is 1.13 bits per heavy atom. The number of nitrogens with zero attached hydrogens (tertiary/aromatic N) is 1. The zero-order valence-corrected chi connectivity index (χ0v) is 13.3. The number of aryl methyl sites for hydroxylation is 1. The minimum atomic E-state index is -0.0104. The van der Waals surface area contributed by atoms with Crippen LogP contribution in [0.15, 0.2) is 48.5 Å². The number of carbonyl (C=O) groups excluding carboxylic acids is 1. The number of fused-ring (bicyclic) bond motifs is 3. The molecule has 118 valence electrons. The third-order valence-corrected chi connectivity index (χ3v) is 5.04. The summed E-state index contributed by atoms with van der Waals surface area (Å²) in [6.45, 7) is 4.62. The highest BCUT2D eigenvalue weighted by Gasteiger charge is 2.40. The molecule has 1 saturated heterocycles. The molecule has 0 saturated carbocycles. The van der Waals surface area contributed by atoms with Gasteiger partial charge < -0.3 is 15.5 Å². The number of urea groups is 1. The maximum Gasteiger partial charge on any atom is 0.322 e. The van der Waals surface area contributed by atoms with Crippen LogP contribution < -0.4 is 10.6 Å². The second-order valence-corrected chi connectivity index (χ2v) is 6.40. The summed E-state index contributed by atoms with van der Waals surface area (Å²) >= 11 is 0. The minimum absolute atomic E-state index is 0.0104. The van der Waals surface area contributed by atoms with Gasteiger partial charge in [-0.05, 0) is 35.7 Å². The van der Waals surface area contributed by atoms with E-state index in [1.807, 2.05) is 35.2 Å². The van der Waals surface area contributed by atoms with E-state index >= 15 is 0 Å². The number of hydrogen-bond donors (Lipinski definition) is 2. The van der Waals surface area contributed by atoms with Crippen molar-refractivity contribution in [3.63, 3.8) is 0 Å². The van der Waals surface area contributed by atoms with Crippen LogP contribution in [0.25, 0.3) is 0 Å². The Bertz CT molecular complexity index is 729. The molecule has 0 spiro atoms. The number of benzene rings is 2. The van der Waals surface area contributed by atoms with Gasteiger partial charge in [0, 0.05) is 31.2 Å². The van der Waals surface area contributed by atoms with Crippen molar-refractivity contribution in [3.8, 4) is 0 Å². The van der Waals surface area contributed by atoms with E-state index in [-0.39, 0.29) is 12.1 Å². The van der Waals surface area contributed by atoms with E-state index in [2.05, 4.69) is 35.8 Å². The molecule has 2 aromatic carbocycles. The highest BCUT2D eigenvalue weighted by Crippen LogP contribution is 2.37. The lowest BCUT2D eigenvalue weighted by Gasteiger charge is -2.39. The third-order valence-electron chi connectivity index (χ3n) is 5.04. The standard InChI is InChI=1S/C19H21N3O/c1-13-6-5-9-15-16-10-20-11-18(16)22(12-17(13)15)19(23)21-14-7-3-2-4-8-14/h2-9,16,18,20H,10-12H2,1H3,(H,21,23)/t16-,18+/m1/s1. The van der Waals surface area contributed by atoms with Crippen molar-refractivity contribution in [3.05, 3.63) is 65.2 Å². The van der Waals surface area contributed by atoms with E-state index < -0.39 is 0 Å². The van der Waals surface area contributed by atoms with E-state index in [1.54, 1.807) is 0 Å². The molecule has 0 aliphatic carbocycles. The molecular formula is C19H21N3O. The lowest BCUT2D eigenvalue weighted by molar-refractivity contribution is 0.175. The monoisotopic (exact) mass is 307 g/mol. The van der Waals surface area contributed by atoms with Gasteiger partial charge >= 0.3 is 6.03 Å². The Balaban J connectivity index is 1.64. The molecule has 2 aliphatic heterocycles. The Kier molecular flexibility index (Phi) is 3.54. The minimum Gasteiger partial charge on any atom is -0.315 e. The number of para-hydroxylation sites is 1. The van der Waals surface area contributed by atoms with Crippen LogP contribution in [0.1, 0.15) is 22.6 Å². The van der Waals surface area contributed by atoms with Gasteiger partial charge in [-0.25, -0.2) is 4.79 Å². The predicted octanol–water partition coefficient (Wildman–Crippen LogP) is 3.10. The first-order valence-corrected chi connectivity index (χ1v) is 8.16. The van der Waals surface area contributed by atoms with Gasteiger partial charge in [0.1, 0.15) is 0 Å². The first-order valence-electron chi connectivity index (χ1n) is 8.16. The molecule has 2 aliphatic rings. The second kappa shape index (κ2) is 5.70. The van der Waals surface area contributed by atoms with E-state index in [0.717, 1.165) is 18.8 Å². The average molecular weight is 307 g/mol. The highest BCUT2D eigenvalue weighted by molar-refractivity contribution is 5.89. The molecule has 0 unspecified atom stereocenters. The quantitative estimate of drug-likeness (QED) is 0.850. The summed E-state index contributed by atoms with van der Waals surface area (Å²) in [5.74, 6) is 0.389. The van der Waals surface area contributed by atoms with E-state index in [9.17, 15) is 4.79 Å². The van der Waals surface area contributed by atoms with Crippen molar-refractivity contribution in [1.82, 2.24) is 10.2 Å². The van der Waals surface area contributed by atoms with Crippen LogP contribution in [-0.4, -0.2) is 30.1 Å². The molecule has 2 atom stereocenters. The molecule has 23 heavy (non-hydrogen) atoms. The molecular weight excluding hydrogens is 286 g/mol. The van der Waals surface area contributed by atoms with Gasteiger partial charge in [0.05, 0.1) is 6.04 Å². The van der Waals surface area contributed by atoms with Crippen LogP contribution in [0, 0.1) is 6.92 Å². The molecule has 2 aromatic rings. The second-order valence-electron chi connectivity index (χ2n) is 6.40. The molecule has 4 nitrogen and oxygen atoms in total. The fourth-order valence-corrected chi connectivity index (χ4v) is 3.82. The van der Waals surface area contributed by atoms with Gasteiger partial charge in [-0.3, -0.25) is 0 Å². The molecule has 2 amide bonds. The first kappa shape index (κ1) is 14.3. The topological polar surface area (TPSA) is 44.4 Å². The summed E-state index contributed by atoms with van der Waals surface area (Å²) in [4.78, 5) is 14.8. The Morgan fingerprint density at radius 3 is 2.78 bits per heavy atom. The Morgan fingerprint density at radius 2 is 1.96 bits per heavy atom. The van der Waals surface area contributed by atoms with E-state index in [0.29, 0.717) is 12.5 Å². The molecule has 1 fully saturated rings. The molecule has 0 radical (unpaired) electrons. The number of hydrogen-bond acceptors (Lipinski definition) is 2. The summed E-state index contributed by atoms with van der Waals surface area (Å²) in [5.41, 5.74) is 4.82. The normalized spacial score (nSPS) is 22.4. The lowest BCUT2D eigenvalue weighted by atomic mass is 9.84. The molecule has 2 heterocycles. The number of amides is 2. The maximum absolute atomic E-state index is 12.8. The van der Waals surface area contributed by atoms with Gasteiger partial charge in [-0.15, -0.1) is 0 Å². The van der Waals surface area contributed by atoms with Crippen molar-refractivity contribution >= 4 is 11.7 Å². The average Bonchev–Trinajstić information content (AvgIpc) is 3.05.